The highest BCUT2D eigenvalue weighted by molar-refractivity contribution is 6.30. The fourth-order valence-electron chi connectivity index (χ4n) is 3.34. The highest BCUT2D eigenvalue weighted by Gasteiger charge is 2.32. The molecule has 1 aliphatic carbocycles. The van der Waals surface area contributed by atoms with Gasteiger partial charge >= 0.3 is 5.97 Å². The van der Waals surface area contributed by atoms with Gasteiger partial charge in [-0.1, -0.05) is 23.7 Å². The summed E-state index contributed by atoms with van der Waals surface area (Å²) in [6.07, 6.45) is 4.30. The van der Waals surface area contributed by atoms with Crippen LogP contribution in [0.3, 0.4) is 0 Å². The molecule has 118 valence electrons. The van der Waals surface area contributed by atoms with Crippen LogP contribution in [0.2, 0.25) is 5.02 Å². The van der Waals surface area contributed by atoms with Gasteiger partial charge in [0.1, 0.15) is 6.04 Å². The van der Waals surface area contributed by atoms with Gasteiger partial charge in [0, 0.05) is 17.4 Å². The molecule has 1 aliphatic heterocycles. The number of rotatable bonds is 3. The molecular weight excluding hydrogens is 302 g/mol. The van der Waals surface area contributed by atoms with Crippen molar-refractivity contribution in [1.29, 1.82) is 0 Å². The zero-order valence-electron chi connectivity index (χ0n) is 12.4. The molecule has 2 fully saturated rings. The van der Waals surface area contributed by atoms with Crippen molar-refractivity contribution >= 4 is 23.5 Å². The van der Waals surface area contributed by atoms with Crippen molar-refractivity contribution < 1.29 is 14.3 Å². The number of esters is 1. The van der Waals surface area contributed by atoms with E-state index in [-0.39, 0.29) is 17.8 Å². The molecule has 3 rings (SSSR count). The Hall–Kier alpha value is -1.55. The van der Waals surface area contributed by atoms with E-state index < -0.39 is 6.04 Å². The Morgan fingerprint density at radius 1 is 1.09 bits per heavy atom. The summed E-state index contributed by atoms with van der Waals surface area (Å²) in [5.41, 5.74) is 1.29. The number of carbonyl (C=O) groups excluding carboxylic acids is 2. The molecule has 0 aromatic heterocycles. The van der Waals surface area contributed by atoms with Crippen molar-refractivity contribution in [2.75, 3.05) is 6.61 Å². The standard InChI is InChI=1S/C17H20ClNO3/c18-14-7-5-12(6-8-14)11-1-3-13(4-2-11)16(20)19-15-9-10-22-17(15)21/h5-8,11,13,15H,1-4,9-10H2,(H,19,20)/t11?,13?,15-/m0/s1. The zero-order valence-corrected chi connectivity index (χ0v) is 13.1. The van der Waals surface area contributed by atoms with Crippen LogP contribution in [0.15, 0.2) is 24.3 Å². The van der Waals surface area contributed by atoms with E-state index in [1.165, 1.54) is 5.56 Å². The van der Waals surface area contributed by atoms with Crippen LogP contribution in [0.4, 0.5) is 0 Å². The Morgan fingerprint density at radius 2 is 1.77 bits per heavy atom. The molecule has 1 saturated carbocycles. The molecule has 1 N–H and O–H groups in total. The van der Waals surface area contributed by atoms with E-state index in [1.807, 2.05) is 12.1 Å². The first-order chi connectivity index (χ1) is 10.6. The smallest absolute Gasteiger partial charge is 0.328 e. The molecule has 1 saturated heterocycles. The minimum atomic E-state index is -0.443. The molecule has 5 heteroatoms. The van der Waals surface area contributed by atoms with Gasteiger partial charge < -0.3 is 10.1 Å². The number of halogens is 1. The molecule has 22 heavy (non-hydrogen) atoms. The van der Waals surface area contributed by atoms with Crippen LogP contribution in [0.1, 0.15) is 43.6 Å². The SMILES string of the molecule is O=C(N[C@H]1CCOC1=O)C1CCC(c2ccc(Cl)cc2)CC1. The average molecular weight is 322 g/mol. The van der Waals surface area contributed by atoms with E-state index in [9.17, 15) is 9.59 Å². The van der Waals surface area contributed by atoms with Gasteiger partial charge in [-0.15, -0.1) is 0 Å². The predicted octanol–water partition coefficient (Wildman–Crippen LogP) is 3.05. The maximum atomic E-state index is 12.3. The lowest BCUT2D eigenvalue weighted by Gasteiger charge is -2.28. The van der Waals surface area contributed by atoms with Gasteiger partial charge in [-0.05, 0) is 49.3 Å². The lowest BCUT2D eigenvalue weighted by atomic mass is 9.78. The molecule has 1 aromatic carbocycles. The molecule has 1 heterocycles. The molecule has 1 amide bonds. The van der Waals surface area contributed by atoms with Crippen molar-refractivity contribution in [3.63, 3.8) is 0 Å². The van der Waals surface area contributed by atoms with Crippen LogP contribution in [0.25, 0.3) is 0 Å². The number of carbonyl (C=O) groups is 2. The first kappa shape index (κ1) is 15.3. The van der Waals surface area contributed by atoms with Gasteiger partial charge in [0.2, 0.25) is 5.91 Å². The van der Waals surface area contributed by atoms with Crippen molar-refractivity contribution in [2.24, 2.45) is 5.92 Å². The third-order valence-electron chi connectivity index (χ3n) is 4.69. The summed E-state index contributed by atoms with van der Waals surface area (Å²) in [6, 6.07) is 7.54. The van der Waals surface area contributed by atoms with Gasteiger partial charge in [-0.2, -0.15) is 0 Å². The number of hydrogen-bond donors (Lipinski definition) is 1. The maximum absolute atomic E-state index is 12.3. The van der Waals surface area contributed by atoms with Crippen molar-refractivity contribution in [1.82, 2.24) is 5.32 Å². The van der Waals surface area contributed by atoms with Gasteiger partial charge in [0.25, 0.3) is 0 Å². The second-order valence-corrected chi connectivity index (χ2v) is 6.55. The molecule has 0 spiro atoms. The lowest BCUT2D eigenvalue weighted by molar-refractivity contribution is -0.142. The summed E-state index contributed by atoms with van der Waals surface area (Å²) in [7, 11) is 0. The first-order valence-electron chi connectivity index (χ1n) is 7.86. The van der Waals surface area contributed by atoms with Crippen LogP contribution in [-0.4, -0.2) is 24.5 Å². The summed E-state index contributed by atoms with van der Waals surface area (Å²) in [6.45, 7) is 0.410. The Bertz CT molecular complexity index is 550. The predicted molar refractivity (Wildman–Crippen MR) is 83.7 cm³/mol. The highest BCUT2D eigenvalue weighted by Crippen LogP contribution is 2.36. The molecule has 1 atom stereocenters. The minimum absolute atomic E-state index is 0.00148. The molecule has 0 unspecified atom stereocenters. The van der Waals surface area contributed by atoms with E-state index in [0.29, 0.717) is 18.9 Å². The Kier molecular flexibility index (Phi) is 4.67. The molecular formula is C17H20ClNO3. The zero-order chi connectivity index (χ0) is 15.5. The quantitative estimate of drug-likeness (QED) is 0.871. The highest BCUT2D eigenvalue weighted by atomic mass is 35.5. The summed E-state index contributed by atoms with van der Waals surface area (Å²) in [5, 5.41) is 3.58. The van der Waals surface area contributed by atoms with E-state index in [2.05, 4.69) is 17.4 Å². The molecule has 4 nitrogen and oxygen atoms in total. The number of ether oxygens (including phenoxy) is 1. The van der Waals surface area contributed by atoms with E-state index >= 15 is 0 Å². The second kappa shape index (κ2) is 6.69. The van der Waals surface area contributed by atoms with Crippen molar-refractivity contribution in [2.45, 2.75) is 44.1 Å². The Labute approximate surface area is 135 Å². The summed E-state index contributed by atoms with van der Waals surface area (Å²) < 4.78 is 4.87. The van der Waals surface area contributed by atoms with Gasteiger partial charge in [-0.3, -0.25) is 4.79 Å². The minimum Gasteiger partial charge on any atom is -0.464 e. The molecule has 1 aromatic rings. The van der Waals surface area contributed by atoms with Gasteiger partial charge in [0.15, 0.2) is 0 Å². The topological polar surface area (TPSA) is 55.4 Å². The lowest BCUT2D eigenvalue weighted by Crippen LogP contribution is -2.42. The second-order valence-electron chi connectivity index (χ2n) is 6.12. The number of benzene rings is 1. The number of hydrogen-bond acceptors (Lipinski definition) is 3. The number of amides is 1. The number of nitrogens with one attached hydrogen (secondary N) is 1. The third-order valence-corrected chi connectivity index (χ3v) is 4.94. The van der Waals surface area contributed by atoms with Gasteiger partial charge in [0.05, 0.1) is 6.61 Å². The van der Waals surface area contributed by atoms with Crippen LogP contribution < -0.4 is 5.32 Å². The van der Waals surface area contributed by atoms with Crippen molar-refractivity contribution in [3.8, 4) is 0 Å². The van der Waals surface area contributed by atoms with Crippen LogP contribution in [-0.2, 0) is 14.3 Å². The van der Waals surface area contributed by atoms with Crippen LogP contribution in [0, 0.1) is 5.92 Å². The van der Waals surface area contributed by atoms with E-state index in [1.54, 1.807) is 0 Å². The summed E-state index contributed by atoms with van der Waals surface area (Å²) in [4.78, 5) is 23.7. The maximum Gasteiger partial charge on any atom is 0.328 e. The Balaban J connectivity index is 1.51. The fourth-order valence-corrected chi connectivity index (χ4v) is 3.47. The molecule has 2 aliphatic rings. The van der Waals surface area contributed by atoms with E-state index in [4.69, 9.17) is 16.3 Å². The first-order valence-corrected chi connectivity index (χ1v) is 8.24. The normalized spacial score (nSPS) is 28.2. The van der Waals surface area contributed by atoms with Crippen LogP contribution >= 0.6 is 11.6 Å². The Morgan fingerprint density at radius 3 is 2.36 bits per heavy atom. The average Bonchev–Trinajstić information content (AvgIpc) is 2.93. The number of cyclic esters (lactones) is 1. The van der Waals surface area contributed by atoms with Crippen molar-refractivity contribution in [3.05, 3.63) is 34.9 Å². The van der Waals surface area contributed by atoms with Gasteiger partial charge in [-0.25, -0.2) is 4.79 Å². The van der Waals surface area contributed by atoms with Crippen LogP contribution in [0.5, 0.6) is 0 Å². The molecule has 0 bridgehead atoms. The summed E-state index contributed by atoms with van der Waals surface area (Å²) in [5.74, 6) is 0.205. The largest absolute Gasteiger partial charge is 0.464 e. The third kappa shape index (κ3) is 3.43. The van der Waals surface area contributed by atoms with E-state index in [0.717, 1.165) is 30.7 Å². The summed E-state index contributed by atoms with van der Waals surface area (Å²) >= 11 is 5.92. The monoisotopic (exact) mass is 321 g/mol. The fraction of sp³-hybridized carbons (Fsp3) is 0.529. The molecule has 0 radical (unpaired) electrons.